The van der Waals surface area contributed by atoms with Crippen LogP contribution in [-0.4, -0.2) is 34.7 Å². The van der Waals surface area contributed by atoms with Gasteiger partial charge in [0.2, 0.25) is 0 Å². The minimum atomic E-state index is -0.324. The highest BCUT2D eigenvalue weighted by atomic mass is 19.1. The van der Waals surface area contributed by atoms with E-state index < -0.39 is 0 Å². The molecule has 3 rings (SSSR count). The van der Waals surface area contributed by atoms with Crippen LogP contribution in [0.3, 0.4) is 0 Å². The number of aromatic nitrogens is 2. The van der Waals surface area contributed by atoms with E-state index in [0.29, 0.717) is 30.2 Å². The predicted molar refractivity (Wildman–Crippen MR) is 101 cm³/mol. The van der Waals surface area contributed by atoms with E-state index in [-0.39, 0.29) is 11.8 Å². The Labute approximate surface area is 157 Å². The highest BCUT2D eigenvalue weighted by Gasteiger charge is 2.13. The number of aryl methyl sites for hydroxylation is 2. The Hall–Kier alpha value is -3.22. The van der Waals surface area contributed by atoms with Gasteiger partial charge in [0, 0.05) is 31.3 Å². The van der Waals surface area contributed by atoms with Gasteiger partial charge in [0.25, 0.3) is 5.89 Å². The Balaban J connectivity index is 1.57. The fourth-order valence-electron chi connectivity index (χ4n) is 2.52. The van der Waals surface area contributed by atoms with E-state index in [9.17, 15) is 9.18 Å². The van der Waals surface area contributed by atoms with Gasteiger partial charge in [0.1, 0.15) is 5.82 Å². The van der Waals surface area contributed by atoms with Crippen LogP contribution in [0, 0.1) is 19.7 Å². The first-order valence-corrected chi connectivity index (χ1v) is 8.60. The van der Waals surface area contributed by atoms with Crippen LogP contribution in [0.25, 0.3) is 11.5 Å². The third-order valence-electron chi connectivity index (χ3n) is 4.21. The zero-order chi connectivity index (χ0) is 19.4. The molecule has 0 saturated heterocycles. The third-order valence-corrected chi connectivity index (χ3v) is 4.21. The molecule has 0 aliphatic heterocycles. The minimum Gasteiger partial charge on any atom is -0.334 e. The van der Waals surface area contributed by atoms with Crippen LogP contribution in [-0.2, 0) is 6.42 Å². The predicted octanol–water partition coefficient (Wildman–Crippen LogP) is 4.20. The van der Waals surface area contributed by atoms with Crippen molar-refractivity contribution in [2.45, 2.75) is 20.3 Å². The Bertz CT molecular complexity index is 937. The molecule has 0 spiro atoms. The Morgan fingerprint density at radius 3 is 2.67 bits per heavy atom. The summed E-state index contributed by atoms with van der Waals surface area (Å²) < 4.78 is 18.2. The molecule has 0 saturated carbocycles. The molecule has 7 heteroatoms. The fourth-order valence-corrected chi connectivity index (χ4v) is 2.52. The number of rotatable bonds is 5. The van der Waals surface area contributed by atoms with Gasteiger partial charge in [-0.15, -0.1) is 0 Å². The summed E-state index contributed by atoms with van der Waals surface area (Å²) in [7, 11) is 1.71. The molecular formula is C20H21FN4O2. The second-order valence-corrected chi connectivity index (χ2v) is 6.44. The lowest BCUT2D eigenvalue weighted by Crippen LogP contribution is -2.33. The molecule has 0 aliphatic carbocycles. The average molecular weight is 368 g/mol. The number of hydrogen-bond donors (Lipinski definition) is 1. The lowest BCUT2D eigenvalue weighted by molar-refractivity contribution is 0.222. The third kappa shape index (κ3) is 4.69. The molecular weight excluding hydrogens is 347 g/mol. The molecule has 0 unspecified atom stereocenters. The Morgan fingerprint density at radius 2 is 1.93 bits per heavy atom. The van der Waals surface area contributed by atoms with Crippen molar-refractivity contribution >= 4 is 11.7 Å². The van der Waals surface area contributed by atoms with Gasteiger partial charge >= 0.3 is 6.03 Å². The van der Waals surface area contributed by atoms with Crippen LogP contribution < -0.4 is 5.32 Å². The summed E-state index contributed by atoms with van der Waals surface area (Å²) in [6.07, 6.45) is 0.446. The number of carbonyl (C=O) groups excluding carboxylic acids is 1. The maximum Gasteiger partial charge on any atom is 0.321 e. The van der Waals surface area contributed by atoms with Crippen LogP contribution in [0.2, 0.25) is 0 Å². The van der Waals surface area contributed by atoms with Gasteiger partial charge in [-0.3, -0.25) is 0 Å². The average Bonchev–Trinajstić information content (AvgIpc) is 3.12. The standard InChI is InChI=1S/C20H21FN4O2/c1-13-4-5-14(2)17(12-13)22-20(26)25(3)11-10-18-23-19(27-24-18)15-6-8-16(21)9-7-15/h4-9,12H,10-11H2,1-3H3,(H,22,26). The number of carbonyl (C=O) groups is 1. The molecule has 0 radical (unpaired) electrons. The maximum atomic E-state index is 13.0. The number of hydrogen-bond acceptors (Lipinski definition) is 4. The van der Waals surface area contributed by atoms with Crippen molar-refractivity contribution < 1.29 is 13.7 Å². The Kier molecular flexibility index (Phi) is 5.49. The molecule has 0 fully saturated rings. The topological polar surface area (TPSA) is 71.3 Å². The zero-order valence-electron chi connectivity index (χ0n) is 15.5. The van der Waals surface area contributed by atoms with E-state index >= 15 is 0 Å². The van der Waals surface area contributed by atoms with E-state index in [1.165, 1.54) is 12.1 Å². The number of likely N-dealkylation sites (N-methyl/N-ethyl adjacent to an activating group) is 1. The van der Waals surface area contributed by atoms with Gasteiger partial charge in [0.05, 0.1) is 0 Å². The highest BCUT2D eigenvalue weighted by molar-refractivity contribution is 5.90. The molecule has 0 bridgehead atoms. The van der Waals surface area contributed by atoms with E-state index in [2.05, 4.69) is 15.5 Å². The van der Waals surface area contributed by atoms with Crippen molar-refractivity contribution in [2.75, 3.05) is 18.9 Å². The molecule has 1 aromatic heterocycles. The zero-order valence-corrected chi connectivity index (χ0v) is 15.5. The molecule has 2 amide bonds. The lowest BCUT2D eigenvalue weighted by Gasteiger charge is -2.18. The molecule has 6 nitrogen and oxygen atoms in total. The van der Waals surface area contributed by atoms with Crippen LogP contribution in [0.4, 0.5) is 14.9 Å². The van der Waals surface area contributed by atoms with E-state index in [0.717, 1.165) is 16.8 Å². The van der Waals surface area contributed by atoms with Crippen LogP contribution in [0.1, 0.15) is 17.0 Å². The van der Waals surface area contributed by atoms with Crippen LogP contribution in [0.15, 0.2) is 47.0 Å². The molecule has 2 aromatic carbocycles. The van der Waals surface area contributed by atoms with Gasteiger partial charge < -0.3 is 14.7 Å². The number of nitrogens with zero attached hydrogens (tertiary/aromatic N) is 3. The smallest absolute Gasteiger partial charge is 0.321 e. The first-order valence-electron chi connectivity index (χ1n) is 8.60. The highest BCUT2D eigenvalue weighted by Crippen LogP contribution is 2.18. The summed E-state index contributed by atoms with van der Waals surface area (Å²) in [6.45, 7) is 4.36. The van der Waals surface area contributed by atoms with Crippen molar-refractivity contribution in [3.8, 4) is 11.5 Å². The summed E-state index contributed by atoms with van der Waals surface area (Å²) in [5, 5.41) is 6.83. The summed E-state index contributed by atoms with van der Waals surface area (Å²) in [5.41, 5.74) is 3.53. The molecule has 140 valence electrons. The summed E-state index contributed by atoms with van der Waals surface area (Å²) in [4.78, 5) is 18.2. The van der Waals surface area contributed by atoms with Gasteiger partial charge in [-0.1, -0.05) is 17.3 Å². The monoisotopic (exact) mass is 368 g/mol. The maximum absolute atomic E-state index is 13.0. The number of benzene rings is 2. The van der Waals surface area contributed by atoms with E-state index in [1.807, 2.05) is 32.0 Å². The van der Waals surface area contributed by atoms with Crippen molar-refractivity contribution in [1.82, 2.24) is 15.0 Å². The van der Waals surface area contributed by atoms with Crippen molar-refractivity contribution in [1.29, 1.82) is 0 Å². The van der Waals surface area contributed by atoms with Crippen LogP contribution in [0.5, 0.6) is 0 Å². The SMILES string of the molecule is Cc1ccc(C)c(NC(=O)N(C)CCc2noc(-c3ccc(F)cc3)n2)c1. The van der Waals surface area contributed by atoms with Gasteiger partial charge in [-0.2, -0.15) is 4.98 Å². The number of anilines is 1. The van der Waals surface area contributed by atoms with Crippen molar-refractivity contribution in [2.24, 2.45) is 0 Å². The molecule has 27 heavy (non-hydrogen) atoms. The number of amides is 2. The largest absolute Gasteiger partial charge is 0.334 e. The molecule has 0 aliphatic rings. The van der Waals surface area contributed by atoms with Gasteiger partial charge in [-0.05, 0) is 55.3 Å². The molecule has 1 N–H and O–H groups in total. The minimum absolute atomic E-state index is 0.203. The van der Waals surface area contributed by atoms with Gasteiger partial charge in [-0.25, -0.2) is 9.18 Å². The Morgan fingerprint density at radius 1 is 1.19 bits per heavy atom. The quantitative estimate of drug-likeness (QED) is 0.733. The van der Waals surface area contributed by atoms with E-state index in [4.69, 9.17) is 4.52 Å². The lowest BCUT2D eigenvalue weighted by atomic mass is 10.1. The molecule has 1 heterocycles. The second kappa shape index (κ2) is 7.99. The fraction of sp³-hybridized carbons (Fsp3) is 0.250. The number of nitrogens with one attached hydrogen (secondary N) is 1. The summed E-state index contributed by atoms with van der Waals surface area (Å²) in [6, 6.07) is 11.5. The molecule has 0 atom stereocenters. The van der Waals surface area contributed by atoms with Crippen LogP contribution >= 0.6 is 0 Å². The first kappa shape index (κ1) is 18.6. The second-order valence-electron chi connectivity index (χ2n) is 6.44. The number of urea groups is 1. The molecule has 3 aromatic rings. The summed E-state index contributed by atoms with van der Waals surface area (Å²) in [5.74, 6) is 0.489. The summed E-state index contributed by atoms with van der Waals surface area (Å²) >= 11 is 0. The normalized spacial score (nSPS) is 10.7. The van der Waals surface area contributed by atoms with Gasteiger partial charge in [0.15, 0.2) is 5.82 Å². The van der Waals surface area contributed by atoms with E-state index in [1.54, 1.807) is 24.1 Å². The van der Waals surface area contributed by atoms with Crippen molar-refractivity contribution in [3.05, 3.63) is 65.2 Å². The first-order chi connectivity index (χ1) is 12.9. The number of halogens is 1. The van der Waals surface area contributed by atoms with Crippen molar-refractivity contribution in [3.63, 3.8) is 0 Å².